The summed E-state index contributed by atoms with van der Waals surface area (Å²) < 4.78 is 35.1. The summed E-state index contributed by atoms with van der Waals surface area (Å²) in [7, 11) is 0. The Morgan fingerprint density at radius 3 is 2.49 bits per heavy atom. The summed E-state index contributed by atoms with van der Waals surface area (Å²) >= 11 is 1.46. The van der Waals surface area contributed by atoms with Gasteiger partial charge in [0.15, 0.2) is 0 Å². The third-order valence-corrected chi connectivity index (χ3v) is 8.47. The Morgan fingerprint density at radius 1 is 0.857 bits per heavy atom. The van der Waals surface area contributed by atoms with Crippen molar-refractivity contribution in [2.24, 2.45) is 0 Å². The minimum absolute atomic E-state index is 0.106. The van der Waals surface area contributed by atoms with Crippen molar-refractivity contribution in [2.75, 3.05) is 26.2 Å². The van der Waals surface area contributed by atoms with Gasteiger partial charge in [-0.05, 0) is 71.6 Å². The lowest BCUT2D eigenvalue weighted by molar-refractivity contribution is 0.183. The monoisotopic (exact) mass is 487 g/mol. The average Bonchev–Trinajstić information content (AvgIpc) is 2.89. The van der Waals surface area contributed by atoms with Gasteiger partial charge in [-0.15, -0.1) is 11.8 Å². The van der Waals surface area contributed by atoms with Crippen molar-refractivity contribution in [3.8, 4) is 16.9 Å². The summed E-state index contributed by atoms with van der Waals surface area (Å²) in [6.07, 6.45) is 3.89. The van der Waals surface area contributed by atoms with Gasteiger partial charge in [0.25, 0.3) is 0 Å². The Kier molecular flexibility index (Phi) is 6.21. The predicted molar refractivity (Wildman–Crippen MR) is 139 cm³/mol. The number of likely N-dealkylation sites (tertiary alicyclic amines) is 1. The van der Waals surface area contributed by atoms with Gasteiger partial charge in [0, 0.05) is 18.2 Å². The highest BCUT2D eigenvalue weighted by Crippen LogP contribution is 2.54. The smallest absolute Gasteiger partial charge is 0.140 e. The molecule has 0 aliphatic carbocycles. The lowest BCUT2D eigenvalue weighted by Crippen LogP contribution is -2.33. The fraction of sp³-hybridized carbons (Fsp3) is 0.267. The summed E-state index contributed by atoms with van der Waals surface area (Å²) in [5.74, 6) is -0.213. The molecule has 2 nitrogen and oxygen atoms in total. The molecular weight excluding hydrogens is 460 g/mol. The molecule has 0 aromatic heterocycles. The number of hydrogen-bond donors (Lipinski definition) is 0. The third kappa shape index (κ3) is 4.43. The molecule has 0 spiro atoms. The number of nitrogens with zero attached hydrogens (tertiary/aromatic N) is 1. The molecule has 4 aromatic rings. The highest BCUT2D eigenvalue weighted by Gasteiger charge is 2.31. The van der Waals surface area contributed by atoms with Crippen LogP contribution in [0, 0.1) is 11.6 Å². The van der Waals surface area contributed by atoms with E-state index in [2.05, 4.69) is 29.2 Å². The summed E-state index contributed by atoms with van der Waals surface area (Å²) in [5.41, 5.74) is 3.69. The molecule has 0 radical (unpaired) electrons. The van der Waals surface area contributed by atoms with Crippen molar-refractivity contribution in [3.05, 3.63) is 95.6 Å². The van der Waals surface area contributed by atoms with Crippen LogP contribution in [0.25, 0.3) is 21.9 Å². The first kappa shape index (κ1) is 22.6. The van der Waals surface area contributed by atoms with E-state index in [1.807, 2.05) is 36.4 Å². The summed E-state index contributed by atoms with van der Waals surface area (Å²) in [5, 5.41) is 2.13. The molecule has 178 valence electrons. The SMILES string of the molecule is Fc1cc(F)c2c(c1)-c1ccc3ccccc3c1C(c1ccc(OCCN3CCCCC3)cc1)S2. The van der Waals surface area contributed by atoms with Crippen LogP contribution in [0.5, 0.6) is 5.75 Å². The molecule has 0 saturated carbocycles. The molecule has 0 N–H and O–H groups in total. The van der Waals surface area contributed by atoms with E-state index in [-0.39, 0.29) is 5.25 Å². The van der Waals surface area contributed by atoms with E-state index < -0.39 is 11.6 Å². The van der Waals surface area contributed by atoms with Gasteiger partial charge in [0.2, 0.25) is 0 Å². The maximum absolute atomic E-state index is 14.9. The molecule has 1 atom stereocenters. The highest BCUT2D eigenvalue weighted by molar-refractivity contribution is 8.00. The van der Waals surface area contributed by atoms with Gasteiger partial charge >= 0.3 is 0 Å². The predicted octanol–water partition coefficient (Wildman–Crippen LogP) is 7.84. The maximum atomic E-state index is 14.9. The summed E-state index contributed by atoms with van der Waals surface area (Å²) in [6.45, 7) is 3.95. The largest absolute Gasteiger partial charge is 0.492 e. The molecule has 35 heavy (non-hydrogen) atoms. The Bertz CT molecular complexity index is 1370. The molecule has 1 unspecified atom stereocenters. The molecular formula is C30H27F2NOS. The van der Waals surface area contributed by atoms with Crippen molar-refractivity contribution in [1.29, 1.82) is 0 Å². The van der Waals surface area contributed by atoms with E-state index >= 15 is 0 Å². The molecule has 4 aromatic carbocycles. The second kappa shape index (κ2) is 9.63. The van der Waals surface area contributed by atoms with Crippen LogP contribution in [-0.2, 0) is 0 Å². The average molecular weight is 488 g/mol. The molecule has 2 heterocycles. The van der Waals surface area contributed by atoms with Gasteiger partial charge in [0.05, 0.1) is 10.1 Å². The van der Waals surface area contributed by atoms with Gasteiger partial charge in [-0.1, -0.05) is 55.0 Å². The van der Waals surface area contributed by atoms with E-state index in [9.17, 15) is 8.78 Å². The quantitative estimate of drug-likeness (QED) is 0.284. The van der Waals surface area contributed by atoms with Crippen molar-refractivity contribution in [3.63, 3.8) is 0 Å². The first-order valence-electron chi connectivity index (χ1n) is 12.3. The molecule has 0 bridgehead atoms. The minimum Gasteiger partial charge on any atom is -0.492 e. The Balaban J connectivity index is 1.32. The van der Waals surface area contributed by atoms with Crippen LogP contribution < -0.4 is 4.74 Å². The Labute approximate surface area is 208 Å². The summed E-state index contributed by atoms with van der Waals surface area (Å²) in [4.78, 5) is 2.97. The van der Waals surface area contributed by atoms with Crippen LogP contribution in [-0.4, -0.2) is 31.1 Å². The van der Waals surface area contributed by atoms with Crippen LogP contribution in [0.15, 0.2) is 77.7 Å². The fourth-order valence-corrected chi connectivity index (χ4v) is 6.69. The highest BCUT2D eigenvalue weighted by atomic mass is 32.2. The van der Waals surface area contributed by atoms with E-state index in [0.29, 0.717) is 17.1 Å². The van der Waals surface area contributed by atoms with Crippen LogP contribution in [0.3, 0.4) is 0 Å². The molecule has 2 aliphatic heterocycles. The number of benzene rings is 4. The number of fused-ring (bicyclic) bond motifs is 5. The standard InChI is InChI=1S/C30H27F2NOS/c31-22-18-26-25-13-10-20-6-2-3-7-24(20)28(25)29(35-30(26)27(32)19-22)21-8-11-23(12-9-21)34-17-16-33-14-4-1-5-15-33/h2-3,6-13,18-19,29H,1,4-5,14-17H2. The van der Waals surface area contributed by atoms with Crippen molar-refractivity contribution < 1.29 is 13.5 Å². The maximum Gasteiger partial charge on any atom is 0.140 e. The third-order valence-electron chi connectivity index (χ3n) is 7.07. The van der Waals surface area contributed by atoms with Crippen molar-refractivity contribution >= 4 is 22.5 Å². The van der Waals surface area contributed by atoms with E-state index in [4.69, 9.17) is 4.74 Å². The number of hydrogen-bond acceptors (Lipinski definition) is 3. The molecule has 6 rings (SSSR count). The fourth-order valence-electron chi connectivity index (χ4n) is 5.32. The van der Waals surface area contributed by atoms with Crippen molar-refractivity contribution in [1.82, 2.24) is 4.90 Å². The van der Waals surface area contributed by atoms with Gasteiger partial charge in [0.1, 0.15) is 24.0 Å². The van der Waals surface area contributed by atoms with Gasteiger partial charge in [-0.2, -0.15) is 0 Å². The van der Waals surface area contributed by atoms with Crippen LogP contribution in [0.1, 0.15) is 35.6 Å². The molecule has 0 amide bonds. The topological polar surface area (TPSA) is 12.5 Å². The Hall–Kier alpha value is -2.89. The number of ether oxygens (including phenoxy) is 1. The lowest BCUT2D eigenvalue weighted by Gasteiger charge is -2.29. The minimum atomic E-state index is -0.550. The van der Waals surface area contributed by atoms with Gasteiger partial charge < -0.3 is 4.74 Å². The number of piperidine rings is 1. The zero-order valence-corrected chi connectivity index (χ0v) is 20.3. The number of rotatable bonds is 5. The van der Waals surface area contributed by atoms with E-state index in [0.717, 1.165) is 58.9 Å². The van der Waals surface area contributed by atoms with Crippen molar-refractivity contribution in [2.45, 2.75) is 29.4 Å². The summed E-state index contributed by atoms with van der Waals surface area (Å²) in [6, 6.07) is 22.8. The second-order valence-electron chi connectivity index (χ2n) is 9.33. The van der Waals surface area contributed by atoms with Gasteiger partial charge in [-0.25, -0.2) is 8.78 Å². The molecule has 2 aliphatic rings. The molecule has 5 heteroatoms. The van der Waals surface area contributed by atoms with Crippen LogP contribution in [0.4, 0.5) is 8.78 Å². The molecule has 1 saturated heterocycles. The Morgan fingerprint density at radius 2 is 1.66 bits per heavy atom. The normalized spacial score (nSPS) is 17.7. The first-order chi connectivity index (χ1) is 17.2. The second-order valence-corrected chi connectivity index (χ2v) is 10.4. The molecule has 1 fully saturated rings. The van der Waals surface area contributed by atoms with E-state index in [1.165, 1.54) is 37.1 Å². The number of halogens is 2. The number of thioether (sulfide) groups is 1. The van der Waals surface area contributed by atoms with Gasteiger partial charge in [-0.3, -0.25) is 4.90 Å². The first-order valence-corrected chi connectivity index (χ1v) is 13.2. The lowest BCUT2D eigenvalue weighted by atomic mass is 9.89. The van der Waals surface area contributed by atoms with Crippen LogP contribution in [0.2, 0.25) is 0 Å². The zero-order chi connectivity index (χ0) is 23.8. The van der Waals surface area contributed by atoms with Crippen LogP contribution >= 0.6 is 11.8 Å². The van der Waals surface area contributed by atoms with E-state index in [1.54, 1.807) is 0 Å². The zero-order valence-electron chi connectivity index (χ0n) is 19.5.